The van der Waals surface area contributed by atoms with E-state index in [1.165, 1.54) is 24.8 Å². The van der Waals surface area contributed by atoms with Gasteiger partial charge in [-0.3, -0.25) is 0 Å². The largest absolute Gasteiger partial charge is 0.382 e. The highest BCUT2D eigenvalue weighted by Crippen LogP contribution is 2.37. The molecular formula is C17H26ClNO2. The first-order valence-corrected chi connectivity index (χ1v) is 8.23. The summed E-state index contributed by atoms with van der Waals surface area (Å²) in [5.74, 6) is 0.679. The third kappa shape index (κ3) is 5.95. The van der Waals surface area contributed by atoms with Gasteiger partial charge in [0.15, 0.2) is 0 Å². The third-order valence-corrected chi connectivity index (χ3v) is 4.27. The van der Waals surface area contributed by atoms with Crippen molar-refractivity contribution in [2.45, 2.75) is 37.6 Å². The van der Waals surface area contributed by atoms with Crippen molar-refractivity contribution < 1.29 is 9.47 Å². The standard InChI is InChI=1S/C17H26ClNO2/c1-20-9-10-21-8-3-2-7-19-17-12-15(13-17)14-5-4-6-16(18)11-14/h4-6,11,15,17,19H,2-3,7-10,12-13H2,1H3. The molecular weight excluding hydrogens is 286 g/mol. The minimum atomic E-state index is 0.670. The van der Waals surface area contributed by atoms with Gasteiger partial charge in [-0.2, -0.15) is 0 Å². The van der Waals surface area contributed by atoms with Gasteiger partial charge in [0.1, 0.15) is 0 Å². The highest BCUT2D eigenvalue weighted by Gasteiger charge is 2.29. The van der Waals surface area contributed by atoms with Gasteiger partial charge in [0, 0.05) is 24.8 Å². The van der Waals surface area contributed by atoms with Crippen molar-refractivity contribution >= 4 is 11.6 Å². The molecule has 2 rings (SSSR count). The van der Waals surface area contributed by atoms with Gasteiger partial charge in [-0.1, -0.05) is 23.7 Å². The van der Waals surface area contributed by atoms with Gasteiger partial charge in [0.2, 0.25) is 0 Å². The number of hydrogen-bond donors (Lipinski definition) is 1. The van der Waals surface area contributed by atoms with Crippen molar-refractivity contribution in [2.24, 2.45) is 0 Å². The Morgan fingerprint density at radius 2 is 2.05 bits per heavy atom. The minimum absolute atomic E-state index is 0.670. The molecule has 0 unspecified atom stereocenters. The van der Waals surface area contributed by atoms with Gasteiger partial charge < -0.3 is 14.8 Å². The van der Waals surface area contributed by atoms with Crippen LogP contribution in [0.15, 0.2) is 24.3 Å². The van der Waals surface area contributed by atoms with Crippen LogP contribution in [0.4, 0.5) is 0 Å². The van der Waals surface area contributed by atoms with Crippen molar-refractivity contribution in [1.29, 1.82) is 0 Å². The monoisotopic (exact) mass is 311 g/mol. The molecule has 0 amide bonds. The number of nitrogens with one attached hydrogen (secondary N) is 1. The van der Waals surface area contributed by atoms with E-state index in [-0.39, 0.29) is 0 Å². The molecule has 0 heterocycles. The molecule has 1 N–H and O–H groups in total. The van der Waals surface area contributed by atoms with E-state index in [2.05, 4.69) is 17.4 Å². The van der Waals surface area contributed by atoms with Gasteiger partial charge in [0.25, 0.3) is 0 Å². The van der Waals surface area contributed by atoms with E-state index >= 15 is 0 Å². The lowest BCUT2D eigenvalue weighted by Gasteiger charge is -2.36. The Bertz CT molecular complexity index is 408. The van der Waals surface area contributed by atoms with Gasteiger partial charge in [0.05, 0.1) is 13.2 Å². The van der Waals surface area contributed by atoms with Crippen molar-refractivity contribution in [3.63, 3.8) is 0 Å². The molecule has 0 radical (unpaired) electrons. The third-order valence-electron chi connectivity index (χ3n) is 4.04. The number of rotatable bonds is 10. The molecule has 1 fully saturated rings. The smallest absolute Gasteiger partial charge is 0.0700 e. The average molecular weight is 312 g/mol. The van der Waals surface area contributed by atoms with Gasteiger partial charge >= 0.3 is 0 Å². The molecule has 0 saturated heterocycles. The molecule has 1 aliphatic rings. The summed E-state index contributed by atoms with van der Waals surface area (Å²) in [6.45, 7) is 3.31. The lowest BCUT2D eigenvalue weighted by Crippen LogP contribution is -2.40. The number of hydrogen-bond acceptors (Lipinski definition) is 3. The van der Waals surface area contributed by atoms with Crippen molar-refractivity contribution in [1.82, 2.24) is 5.32 Å². The van der Waals surface area contributed by atoms with E-state index in [4.69, 9.17) is 21.1 Å². The molecule has 21 heavy (non-hydrogen) atoms. The first-order chi connectivity index (χ1) is 10.3. The fourth-order valence-corrected chi connectivity index (χ4v) is 2.90. The fraction of sp³-hybridized carbons (Fsp3) is 0.647. The van der Waals surface area contributed by atoms with E-state index in [9.17, 15) is 0 Å². The Morgan fingerprint density at radius 3 is 2.81 bits per heavy atom. The number of halogens is 1. The van der Waals surface area contributed by atoms with Crippen molar-refractivity contribution in [2.75, 3.05) is 33.5 Å². The topological polar surface area (TPSA) is 30.5 Å². The maximum Gasteiger partial charge on any atom is 0.0700 e. The lowest BCUT2D eigenvalue weighted by molar-refractivity contribution is 0.0686. The summed E-state index contributed by atoms with van der Waals surface area (Å²) >= 11 is 6.03. The van der Waals surface area contributed by atoms with E-state index in [1.54, 1.807) is 7.11 Å². The SMILES string of the molecule is COCCOCCCCNC1CC(c2cccc(Cl)c2)C1. The fourth-order valence-electron chi connectivity index (χ4n) is 2.70. The maximum atomic E-state index is 6.03. The molecule has 0 aliphatic heterocycles. The van der Waals surface area contributed by atoms with E-state index in [1.807, 2.05) is 12.1 Å². The maximum absolute atomic E-state index is 6.03. The number of unbranched alkanes of at least 4 members (excludes halogenated alkanes) is 1. The number of ether oxygens (including phenoxy) is 2. The van der Waals surface area contributed by atoms with Crippen LogP contribution < -0.4 is 5.32 Å². The second-order valence-electron chi connectivity index (χ2n) is 5.69. The molecule has 3 nitrogen and oxygen atoms in total. The van der Waals surface area contributed by atoms with Crippen LogP contribution in [-0.2, 0) is 9.47 Å². The minimum Gasteiger partial charge on any atom is -0.382 e. The van der Waals surface area contributed by atoms with E-state index < -0.39 is 0 Å². The molecule has 1 aliphatic carbocycles. The summed E-state index contributed by atoms with van der Waals surface area (Å²) in [5.41, 5.74) is 1.38. The van der Waals surface area contributed by atoms with Crippen LogP contribution in [0.25, 0.3) is 0 Å². The number of benzene rings is 1. The molecule has 1 saturated carbocycles. The second kappa shape index (κ2) is 9.42. The summed E-state index contributed by atoms with van der Waals surface area (Å²) in [7, 11) is 1.70. The molecule has 0 spiro atoms. The predicted molar refractivity (Wildman–Crippen MR) is 87.1 cm³/mol. The highest BCUT2D eigenvalue weighted by molar-refractivity contribution is 6.30. The number of methoxy groups -OCH3 is 1. The predicted octanol–water partition coefficient (Wildman–Crippen LogP) is 3.62. The van der Waals surface area contributed by atoms with Crippen LogP contribution in [0.2, 0.25) is 5.02 Å². The summed E-state index contributed by atoms with van der Waals surface area (Å²) in [6, 6.07) is 8.93. The van der Waals surface area contributed by atoms with E-state index in [0.717, 1.165) is 24.6 Å². The summed E-state index contributed by atoms with van der Waals surface area (Å²) in [6.07, 6.45) is 4.74. The Kier molecular flexibility index (Phi) is 7.51. The molecule has 0 atom stereocenters. The zero-order chi connectivity index (χ0) is 14.9. The van der Waals surface area contributed by atoms with Crippen LogP contribution in [-0.4, -0.2) is 39.5 Å². The van der Waals surface area contributed by atoms with Crippen molar-refractivity contribution in [3.8, 4) is 0 Å². The normalized spacial score (nSPS) is 21.2. The molecule has 4 heteroatoms. The molecule has 118 valence electrons. The zero-order valence-corrected chi connectivity index (χ0v) is 13.6. The second-order valence-corrected chi connectivity index (χ2v) is 6.12. The van der Waals surface area contributed by atoms with Gasteiger partial charge in [-0.25, -0.2) is 0 Å². The zero-order valence-electron chi connectivity index (χ0n) is 12.8. The van der Waals surface area contributed by atoms with Gasteiger partial charge in [-0.05, 0) is 55.8 Å². The summed E-state index contributed by atoms with van der Waals surface area (Å²) < 4.78 is 10.4. The molecule has 0 bridgehead atoms. The highest BCUT2D eigenvalue weighted by atomic mass is 35.5. The quantitative estimate of drug-likeness (QED) is 0.669. The molecule has 0 aromatic heterocycles. The first kappa shape index (κ1) is 16.8. The van der Waals surface area contributed by atoms with Crippen LogP contribution in [0.1, 0.15) is 37.2 Å². The van der Waals surface area contributed by atoms with Crippen molar-refractivity contribution in [3.05, 3.63) is 34.9 Å². The van der Waals surface area contributed by atoms with Crippen LogP contribution in [0.3, 0.4) is 0 Å². The Balaban J connectivity index is 1.47. The van der Waals surface area contributed by atoms with Crippen LogP contribution in [0.5, 0.6) is 0 Å². The first-order valence-electron chi connectivity index (χ1n) is 7.85. The summed E-state index contributed by atoms with van der Waals surface area (Å²) in [5, 5.41) is 4.47. The van der Waals surface area contributed by atoms with Gasteiger partial charge in [-0.15, -0.1) is 0 Å². The van der Waals surface area contributed by atoms with Crippen LogP contribution in [0, 0.1) is 0 Å². The molecule has 1 aromatic carbocycles. The van der Waals surface area contributed by atoms with Crippen LogP contribution >= 0.6 is 11.6 Å². The molecule has 1 aromatic rings. The lowest BCUT2D eigenvalue weighted by atomic mass is 9.76. The average Bonchev–Trinajstić information content (AvgIpc) is 2.43. The Morgan fingerprint density at radius 1 is 1.19 bits per heavy atom. The summed E-state index contributed by atoms with van der Waals surface area (Å²) in [4.78, 5) is 0. The Hall–Kier alpha value is -0.610. The van der Waals surface area contributed by atoms with E-state index in [0.29, 0.717) is 25.2 Å². The Labute approximate surface area is 133 Å².